The first kappa shape index (κ1) is 12.8. The molecule has 0 amide bonds. The van der Waals surface area contributed by atoms with Gasteiger partial charge in [-0.05, 0) is 0 Å². The van der Waals surface area contributed by atoms with Gasteiger partial charge in [0.05, 0.1) is 0 Å². The molecule has 0 nitrogen and oxygen atoms in total. The van der Waals surface area contributed by atoms with Crippen LogP contribution in [0.4, 0.5) is 13.2 Å². The Balaban J connectivity index is 0. The largest absolute Gasteiger partial charge is 0.448 e. The highest BCUT2D eigenvalue weighted by molar-refractivity contribution is 9.09. The zero-order valence-corrected chi connectivity index (χ0v) is 7.58. The van der Waals surface area contributed by atoms with E-state index in [0.717, 1.165) is 0 Å². The van der Waals surface area contributed by atoms with Crippen LogP contribution in [0.3, 0.4) is 0 Å². The first-order valence-corrected chi connectivity index (χ1v) is 3.51. The summed E-state index contributed by atoms with van der Waals surface area (Å²) in [5, 5.41) is -4.19. The molecule has 0 saturated carbocycles. The van der Waals surface area contributed by atoms with Gasteiger partial charge < -0.3 is 0 Å². The van der Waals surface area contributed by atoms with Gasteiger partial charge in [0, 0.05) is 15.9 Å². The van der Waals surface area contributed by atoms with Crippen molar-refractivity contribution < 1.29 is 13.2 Å². The van der Waals surface area contributed by atoms with Gasteiger partial charge in [-0.3, -0.25) is 0 Å². The second kappa shape index (κ2) is 5.89. The van der Waals surface area contributed by atoms with E-state index in [9.17, 15) is 13.2 Å². The van der Waals surface area contributed by atoms with Crippen molar-refractivity contribution in [3.8, 4) is 0 Å². The predicted octanol–water partition coefficient (Wildman–Crippen LogP) is 3.89. The summed E-state index contributed by atoms with van der Waals surface area (Å²) in [6.45, 7) is 0. The Hall–Kier alpha value is 1.14. The normalized spacial score (nSPS) is 10.7. The van der Waals surface area contributed by atoms with Crippen LogP contribution in [0.1, 0.15) is 0 Å². The monoisotopic (exact) mass is 266 g/mol. The molecule has 0 fully saturated rings. The van der Waals surface area contributed by atoms with Crippen LogP contribution in [0.15, 0.2) is 0 Å². The third-order valence-electron chi connectivity index (χ3n) is 0. The Morgan fingerprint density at radius 3 is 1.11 bits per heavy atom. The number of hydrogen-bond acceptors (Lipinski definition) is 0. The topological polar surface area (TPSA) is 0 Å². The van der Waals surface area contributed by atoms with E-state index in [1.807, 2.05) is 0 Å². The van der Waals surface area contributed by atoms with Crippen molar-refractivity contribution in [3.05, 3.63) is 0 Å². The molecule has 0 N–H and O–H groups in total. The fraction of sp³-hybridized carbons (Fsp3) is 1.00. The molecular formula is C2HBrCl3F3. The lowest BCUT2D eigenvalue weighted by Gasteiger charge is -1.85. The highest BCUT2D eigenvalue weighted by atomic mass is 79.9. The van der Waals surface area contributed by atoms with Crippen molar-refractivity contribution in [2.24, 2.45) is 0 Å². The molecule has 7 heteroatoms. The average molecular weight is 268 g/mol. The molecule has 0 saturated heterocycles. The van der Waals surface area contributed by atoms with E-state index < -0.39 is 9.38 Å². The predicted molar refractivity (Wildman–Crippen MR) is 36.3 cm³/mol. The van der Waals surface area contributed by atoms with E-state index in [0.29, 0.717) is 0 Å². The number of hydrogen-bond donors (Lipinski definition) is 0. The van der Waals surface area contributed by atoms with Gasteiger partial charge in [-0.25, -0.2) is 0 Å². The van der Waals surface area contributed by atoms with Crippen LogP contribution in [-0.4, -0.2) is 9.38 Å². The van der Waals surface area contributed by atoms with E-state index in [1.165, 1.54) is 15.9 Å². The molecule has 0 aliphatic carbocycles. The second-order valence-electron chi connectivity index (χ2n) is 0.676. The lowest BCUT2D eigenvalue weighted by molar-refractivity contribution is -0.0245. The van der Waals surface area contributed by atoms with E-state index in [1.54, 1.807) is 0 Å². The number of rotatable bonds is 0. The average Bonchev–Trinajstić information content (AvgIpc) is 1.19. The fourth-order valence-corrected chi connectivity index (χ4v) is 0. The van der Waals surface area contributed by atoms with Crippen molar-refractivity contribution in [2.75, 3.05) is 0 Å². The van der Waals surface area contributed by atoms with Crippen LogP contribution in [-0.2, 0) is 0 Å². The van der Waals surface area contributed by atoms with Crippen LogP contribution < -0.4 is 0 Å². The summed E-state index contributed by atoms with van der Waals surface area (Å²) in [6, 6.07) is 0. The van der Waals surface area contributed by atoms with Crippen LogP contribution in [0.2, 0.25) is 0 Å². The van der Waals surface area contributed by atoms with Gasteiger partial charge in [0.2, 0.25) is 0 Å². The minimum Gasteiger partial charge on any atom is -0.160 e. The van der Waals surface area contributed by atoms with Gasteiger partial charge in [-0.2, -0.15) is 13.2 Å². The summed E-state index contributed by atoms with van der Waals surface area (Å²) < 4.78 is 30.1. The third-order valence-corrected chi connectivity index (χ3v) is 0. The zero-order chi connectivity index (χ0) is 8.08. The molecule has 0 heterocycles. The van der Waals surface area contributed by atoms with Gasteiger partial charge in [-0.1, -0.05) is 34.8 Å². The fourth-order valence-electron chi connectivity index (χ4n) is 0. The van der Waals surface area contributed by atoms with Crippen molar-refractivity contribution in [1.82, 2.24) is 0 Å². The lowest BCUT2D eigenvalue weighted by Crippen LogP contribution is -1.88. The van der Waals surface area contributed by atoms with E-state index in [2.05, 4.69) is 0 Å². The molecule has 0 aromatic rings. The van der Waals surface area contributed by atoms with Crippen molar-refractivity contribution in [1.29, 1.82) is 0 Å². The second-order valence-corrected chi connectivity index (χ2v) is 3.55. The summed E-state index contributed by atoms with van der Waals surface area (Å²) in [4.78, 5) is 0. The van der Waals surface area contributed by atoms with Gasteiger partial charge in [-0.15, -0.1) is 0 Å². The molecule has 0 spiro atoms. The maximum absolute atomic E-state index is 10.3. The first-order chi connectivity index (χ1) is 3.73. The Morgan fingerprint density at radius 1 is 1.11 bits per heavy atom. The molecule has 0 aromatic heterocycles. The van der Waals surface area contributed by atoms with Crippen LogP contribution in [0.5, 0.6) is 0 Å². The molecular weight excluding hydrogens is 267 g/mol. The number of halogens is 7. The molecule has 9 heavy (non-hydrogen) atoms. The van der Waals surface area contributed by atoms with Gasteiger partial charge in [0.1, 0.15) is 0 Å². The van der Waals surface area contributed by atoms with Gasteiger partial charge in [0.25, 0.3) is 0 Å². The highest BCUT2D eigenvalue weighted by Gasteiger charge is 2.19. The smallest absolute Gasteiger partial charge is 0.160 e. The zero-order valence-electron chi connectivity index (χ0n) is 3.72. The Bertz CT molecular complexity index is 53.8. The molecule has 0 aliphatic rings. The summed E-state index contributed by atoms with van der Waals surface area (Å²) in [6.07, 6.45) is 0. The summed E-state index contributed by atoms with van der Waals surface area (Å²) in [5.41, 5.74) is 0. The maximum atomic E-state index is 10.3. The maximum Gasteiger partial charge on any atom is 0.448 e. The molecule has 58 valence electrons. The summed E-state index contributed by atoms with van der Waals surface area (Å²) >= 11 is 15.8. The van der Waals surface area contributed by atoms with E-state index >= 15 is 0 Å². The third kappa shape index (κ3) is 359. The minimum absolute atomic E-state index is 0.750. The Labute approximate surface area is 73.4 Å². The van der Waals surface area contributed by atoms with Crippen molar-refractivity contribution in [2.45, 2.75) is 9.38 Å². The molecule has 0 unspecified atom stereocenters. The minimum atomic E-state index is -4.19. The van der Waals surface area contributed by atoms with Crippen LogP contribution in [0.25, 0.3) is 0 Å². The molecule has 0 atom stereocenters. The van der Waals surface area contributed by atoms with Crippen molar-refractivity contribution >= 4 is 50.7 Å². The van der Waals surface area contributed by atoms with E-state index in [-0.39, 0.29) is 0 Å². The lowest BCUT2D eigenvalue weighted by atomic mass is 11.6. The molecule has 0 radical (unpaired) electrons. The SMILES string of the molecule is ClC(Cl)Cl.FC(F)(F)Br. The molecule has 0 aromatic carbocycles. The van der Waals surface area contributed by atoms with Gasteiger partial charge >= 0.3 is 5.09 Å². The Morgan fingerprint density at radius 2 is 1.11 bits per heavy atom. The standard InChI is InChI=1S/CBrF3.CHCl3/c2-1(3,4)5;2-1(3)4/h;1H. The van der Waals surface area contributed by atoms with Crippen LogP contribution >= 0.6 is 50.7 Å². The highest BCUT2D eigenvalue weighted by Crippen LogP contribution is 2.21. The molecule has 0 bridgehead atoms. The first-order valence-electron chi connectivity index (χ1n) is 1.41. The molecule has 0 aliphatic heterocycles. The summed E-state index contributed by atoms with van der Waals surface area (Å²) in [7, 11) is 0. The van der Waals surface area contributed by atoms with E-state index in [4.69, 9.17) is 34.8 Å². The molecule has 0 rings (SSSR count). The number of alkyl halides is 7. The van der Waals surface area contributed by atoms with Crippen molar-refractivity contribution in [3.63, 3.8) is 0 Å². The Kier molecular flexibility index (Phi) is 8.37. The van der Waals surface area contributed by atoms with Gasteiger partial charge in [0.15, 0.2) is 4.30 Å². The summed E-state index contributed by atoms with van der Waals surface area (Å²) in [5.74, 6) is 0. The quantitative estimate of drug-likeness (QED) is 0.585. The van der Waals surface area contributed by atoms with Crippen LogP contribution in [0, 0.1) is 0 Å².